The Hall–Kier alpha value is -1.84. The van der Waals surface area contributed by atoms with E-state index in [1.807, 2.05) is 12.1 Å². The summed E-state index contributed by atoms with van der Waals surface area (Å²) in [7, 11) is 0. The van der Waals surface area contributed by atoms with Crippen LogP contribution in [0.2, 0.25) is 0 Å². The summed E-state index contributed by atoms with van der Waals surface area (Å²) in [6, 6.07) is 6.76. The third-order valence-corrected chi connectivity index (χ3v) is 2.67. The Morgan fingerprint density at radius 2 is 2.06 bits per heavy atom. The highest BCUT2D eigenvalue weighted by atomic mass is 16.6. The summed E-state index contributed by atoms with van der Waals surface area (Å²) in [5.41, 5.74) is 1.26. The van der Waals surface area contributed by atoms with Crippen molar-refractivity contribution in [2.75, 3.05) is 6.54 Å². The van der Waals surface area contributed by atoms with Gasteiger partial charge in [0.05, 0.1) is 4.92 Å². The smallest absolute Gasteiger partial charge is 0.269 e. The first-order valence-electron chi connectivity index (χ1n) is 5.40. The number of rotatable bonds is 3. The zero-order valence-corrected chi connectivity index (χ0v) is 9.00. The summed E-state index contributed by atoms with van der Waals surface area (Å²) in [6.07, 6.45) is 6.60. The molecule has 0 saturated carbocycles. The van der Waals surface area contributed by atoms with Crippen LogP contribution in [0.4, 0.5) is 5.69 Å². The Bertz CT molecular complexity index is 398. The van der Waals surface area contributed by atoms with Gasteiger partial charge in [0.2, 0.25) is 0 Å². The van der Waals surface area contributed by atoms with Gasteiger partial charge in [0, 0.05) is 25.2 Å². The van der Waals surface area contributed by atoms with Gasteiger partial charge in [-0.25, -0.2) is 0 Å². The van der Waals surface area contributed by atoms with Crippen molar-refractivity contribution < 1.29 is 4.92 Å². The second kappa shape index (κ2) is 4.79. The van der Waals surface area contributed by atoms with E-state index in [0.29, 0.717) is 0 Å². The van der Waals surface area contributed by atoms with Crippen LogP contribution in [0.5, 0.6) is 0 Å². The molecule has 0 fully saturated rings. The van der Waals surface area contributed by atoms with Crippen molar-refractivity contribution in [3.05, 3.63) is 52.2 Å². The number of hydrogen-bond donors (Lipinski definition) is 0. The molecule has 2 rings (SSSR count). The van der Waals surface area contributed by atoms with Crippen LogP contribution in [0.1, 0.15) is 18.4 Å². The van der Waals surface area contributed by atoms with Gasteiger partial charge in [0.25, 0.3) is 5.69 Å². The molecule has 1 aliphatic heterocycles. The fourth-order valence-electron chi connectivity index (χ4n) is 1.80. The van der Waals surface area contributed by atoms with Crippen LogP contribution in [-0.4, -0.2) is 16.4 Å². The van der Waals surface area contributed by atoms with E-state index < -0.39 is 0 Å². The van der Waals surface area contributed by atoms with Crippen LogP contribution in [0, 0.1) is 10.1 Å². The molecule has 0 saturated heterocycles. The minimum Gasteiger partial charge on any atom is -0.373 e. The third-order valence-electron chi connectivity index (χ3n) is 2.67. The molecule has 4 heteroatoms. The Morgan fingerprint density at radius 3 is 2.62 bits per heavy atom. The van der Waals surface area contributed by atoms with Crippen LogP contribution in [0.25, 0.3) is 0 Å². The quantitative estimate of drug-likeness (QED) is 0.578. The van der Waals surface area contributed by atoms with Gasteiger partial charge in [-0.1, -0.05) is 18.2 Å². The second-order valence-electron chi connectivity index (χ2n) is 3.92. The number of nitro benzene ring substituents is 1. The summed E-state index contributed by atoms with van der Waals surface area (Å²) < 4.78 is 0. The van der Waals surface area contributed by atoms with Crippen molar-refractivity contribution in [3.63, 3.8) is 0 Å². The van der Waals surface area contributed by atoms with Crippen molar-refractivity contribution in [3.8, 4) is 0 Å². The van der Waals surface area contributed by atoms with E-state index in [2.05, 4.69) is 17.2 Å². The molecule has 0 unspecified atom stereocenters. The van der Waals surface area contributed by atoms with Crippen LogP contribution < -0.4 is 0 Å². The molecule has 1 heterocycles. The lowest BCUT2D eigenvalue weighted by molar-refractivity contribution is -0.384. The van der Waals surface area contributed by atoms with E-state index in [4.69, 9.17) is 0 Å². The number of allylic oxidation sites excluding steroid dienone is 1. The molecule has 0 radical (unpaired) electrons. The van der Waals surface area contributed by atoms with Gasteiger partial charge in [-0.3, -0.25) is 10.1 Å². The summed E-state index contributed by atoms with van der Waals surface area (Å²) in [4.78, 5) is 12.3. The molecule has 0 N–H and O–H groups in total. The normalized spacial score (nSPS) is 15.1. The summed E-state index contributed by atoms with van der Waals surface area (Å²) in [5, 5.41) is 10.5. The molecule has 0 bridgehead atoms. The number of non-ortho nitro benzene ring substituents is 1. The molecule has 0 aromatic heterocycles. The first kappa shape index (κ1) is 10.7. The number of nitro groups is 1. The van der Waals surface area contributed by atoms with E-state index >= 15 is 0 Å². The molecule has 84 valence electrons. The summed E-state index contributed by atoms with van der Waals surface area (Å²) >= 11 is 0. The fourth-order valence-corrected chi connectivity index (χ4v) is 1.80. The third kappa shape index (κ3) is 2.59. The molecule has 16 heavy (non-hydrogen) atoms. The second-order valence-corrected chi connectivity index (χ2v) is 3.92. The van der Waals surface area contributed by atoms with Crippen molar-refractivity contribution in [2.24, 2.45) is 0 Å². The Morgan fingerprint density at radius 1 is 1.31 bits per heavy atom. The maximum absolute atomic E-state index is 10.5. The lowest BCUT2D eigenvalue weighted by Crippen LogP contribution is -2.20. The number of nitrogens with zero attached hydrogens (tertiary/aromatic N) is 2. The van der Waals surface area contributed by atoms with Crippen molar-refractivity contribution in [2.45, 2.75) is 19.4 Å². The Balaban J connectivity index is 2.02. The first-order chi connectivity index (χ1) is 7.75. The zero-order chi connectivity index (χ0) is 11.4. The molecular weight excluding hydrogens is 204 g/mol. The summed E-state index contributed by atoms with van der Waals surface area (Å²) in [5.74, 6) is 0. The number of benzene rings is 1. The molecule has 1 aliphatic rings. The maximum atomic E-state index is 10.5. The predicted molar refractivity (Wildman–Crippen MR) is 61.9 cm³/mol. The van der Waals surface area contributed by atoms with E-state index in [1.165, 1.54) is 6.42 Å². The predicted octanol–water partition coefficient (Wildman–Crippen LogP) is 2.70. The minimum absolute atomic E-state index is 0.151. The van der Waals surface area contributed by atoms with Crippen molar-refractivity contribution >= 4 is 5.69 Å². The van der Waals surface area contributed by atoms with Gasteiger partial charge in [0.1, 0.15) is 0 Å². The SMILES string of the molecule is O=[N+]([O-])c1ccc(CN2C=CCCC2)cc1. The standard InChI is InChI=1S/C12H14N2O2/c15-14(16)12-6-4-11(5-7-12)10-13-8-2-1-3-9-13/h2,4-8H,1,3,9-10H2. The highest BCUT2D eigenvalue weighted by molar-refractivity contribution is 5.32. The van der Waals surface area contributed by atoms with Crippen LogP contribution in [-0.2, 0) is 6.54 Å². The van der Waals surface area contributed by atoms with Gasteiger partial charge in [-0.15, -0.1) is 0 Å². The van der Waals surface area contributed by atoms with Crippen molar-refractivity contribution in [1.29, 1.82) is 0 Å². The topological polar surface area (TPSA) is 46.4 Å². The van der Waals surface area contributed by atoms with E-state index in [0.717, 1.165) is 25.1 Å². The average Bonchev–Trinajstić information content (AvgIpc) is 2.31. The van der Waals surface area contributed by atoms with Gasteiger partial charge in [-0.2, -0.15) is 0 Å². The summed E-state index contributed by atoms with van der Waals surface area (Å²) in [6.45, 7) is 1.89. The molecule has 1 aromatic rings. The lowest BCUT2D eigenvalue weighted by atomic mass is 10.1. The molecule has 4 nitrogen and oxygen atoms in total. The van der Waals surface area contributed by atoms with Gasteiger partial charge in [-0.05, 0) is 24.6 Å². The molecule has 0 spiro atoms. The minimum atomic E-state index is -0.370. The molecule has 0 aliphatic carbocycles. The van der Waals surface area contributed by atoms with Crippen LogP contribution in [0.15, 0.2) is 36.5 Å². The van der Waals surface area contributed by atoms with Crippen molar-refractivity contribution in [1.82, 2.24) is 4.90 Å². The maximum Gasteiger partial charge on any atom is 0.269 e. The molecular formula is C12H14N2O2. The van der Waals surface area contributed by atoms with E-state index in [-0.39, 0.29) is 10.6 Å². The largest absolute Gasteiger partial charge is 0.373 e. The zero-order valence-electron chi connectivity index (χ0n) is 9.00. The van der Waals surface area contributed by atoms with Crippen LogP contribution >= 0.6 is 0 Å². The highest BCUT2D eigenvalue weighted by Gasteiger charge is 2.07. The van der Waals surface area contributed by atoms with Crippen LogP contribution in [0.3, 0.4) is 0 Å². The monoisotopic (exact) mass is 218 g/mol. The van der Waals surface area contributed by atoms with E-state index in [9.17, 15) is 10.1 Å². The van der Waals surface area contributed by atoms with Gasteiger partial charge < -0.3 is 4.90 Å². The molecule has 1 aromatic carbocycles. The fraction of sp³-hybridized carbons (Fsp3) is 0.333. The average molecular weight is 218 g/mol. The Labute approximate surface area is 94.3 Å². The molecule has 0 amide bonds. The lowest BCUT2D eigenvalue weighted by Gasteiger charge is -2.23. The van der Waals surface area contributed by atoms with E-state index in [1.54, 1.807) is 12.1 Å². The Kier molecular flexibility index (Phi) is 3.19. The van der Waals surface area contributed by atoms with Gasteiger partial charge in [0.15, 0.2) is 0 Å². The highest BCUT2D eigenvalue weighted by Crippen LogP contribution is 2.15. The number of hydrogen-bond acceptors (Lipinski definition) is 3. The molecule has 0 atom stereocenters. The van der Waals surface area contributed by atoms with Gasteiger partial charge >= 0.3 is 0 Å². The first-order valence-corrected chi connectivity index (χ1v) is 5.40.